The van der Waals surface area contributed by atoms with Crippen molar-refractivity contribution in [2.24, 2.45) is 11.8 Å². The number of rotatable bonds is 12. The van der Waals surface area contributed by atoms with Crippen molar-refractivity contribution in [3.05, 3.63) is 54.1 Å². The largest absolute Gasteiger partial charge is 0.465 e. The molecule has 2 amide bonds. The monoisotopic (exact) mass is 530 g/mol. The summed E-state index contributed by atoms with van der Waals surface area (Å²) in [5.74, 6) is -2.70. The summed E-state index contributed by atoms with van der Waals surface area (Å²) < 4.78 is 12.0. The van der Waals surface area contributed by atoms with Crippen molar-refractivity contribution < 1.29 is 29.0 Å². The van der Waals surface area contributed by atoms with Crippen molar-refractivity contribution >= 4 is 35.1 Å². The average Bonchev–Trinajstić information content (AvgIpc) is 3.51. The van der Waals surface area contributed by atoms with E-state index in [9.17, 15) is 19.5 Å². The van der Waals surface area contributed by atoms with Crippen molar-refractivity contribution in [2.75, 3.05) is 31.2 Å². The van der Waals surface area contributed by atoms with E-state index < -0.39 is 35.6 Å². The summed E-state index contributed by atoms with van der Waals surface area (Å²) in [6.45, 7) is 9.81. The number of hydrogen-bond acceptors (Lipinski definition) is 6. The lowest BCUT2D eigenvalue weighted by atomic mass is 9.70. The van der Waals surface area contributed by atoms with E-state index in [1.165, 1.54) is 4.90 Å². The van der Waals surface area contributed by atoms with Crippen LogP contribution in [0.25, 0.3) is 0 Å². The van der Waals surface area contributed by atoms with Crippen molar-refractivity contribution in [3.8, 4) is 0 Å². The van der Waals surface area contributed by atoms with E-state index in [-0.39, 0.29) is 38.1 Å². The molecule has 4 rings (SSSR count). The van der Waals surface area contributed by atoms with Crippen LogP contribution in [0.2, 0.25) is 5.02 Å². The third kappa shape index (κ3) is 4.71. The highest BCUT2D eigenvalue weighted by atomic mass is 35.5. The topological polar surface area (TPSA) is 96.4 Å². The number of allylic oxidation sites excluding steroid dienone is 1. The van der Waals surface area contributed by atoms with Gasteiger partial charge in [-0.25, -0.2) is 0 Å². The van der Waals surface area contributed by atoms with Gasteiger partial charge in [-0.1, -0.05) is 35.9 Å². The SMILES string of the molecule is C=CCCCOC(=O)[C@@H]1[C@@H]2CCC3(O2)C(C(=O)N(CC=C)c2c(C)cccc2Cl)N(CCCO)C(=O)[C@H]13. The van der Waals surface area contributed by atoms with E-state index in [1.807, 2.05) is 19.1 Å². The van der Waals surface area contributed by atoms with Crippen molar-refractivity contribution in [3.63, 3.8) is 0 Å². The molecular weight excluding hydrogens is 496 g/mol. The Morgan fingerprint density at radius 2 is 2.11 bits per heavy atom. The van der Waals surface area contributed by atoms with Gasteiger partial charge < -0.3 is 24.4 Å². The van der Waals surface area contributed by atoms with Crippen LogP contribution in [0.4, 0.5) is 5.69 Å². The number of anilines is 1. The second kappa shape index (κ2) is 11.4. The fourth-order valence-electron chi connectivity index (χ4n) is 6.21. The fourth-order valence-corrected chi connectivity index (χ4v) is 6.54. The van der Waals surface area contributed by atoms with Crippen molar-refractivity contribution in [1.82, 2.24) is 4.90 Å². The number of esters is 1. The van der Waals surface area contributed by atoms with Gasteiger partial charge in [0.05, 0.1) is 35.3 Å². The molecule has 1 aromatic rings. The van der Waals surface area contributed by atoms with E-state index in [0.29, 0.717) is 36.4 Å². The van der Waals surface area contributed by atoms with Gasteiger partial charge in [0.1, 0.15) is 11.6 Å². The van der Waals surface area contributed by atoms with Crippen molar-refractivity contribution in [2.45, 2.75) is 56.8 Å². The minimum Gasteiger partial charge on any atom is -0.465 e. The second-order valence-corrected chi connectivity index (χ2v) is 10.3. The van der Waals surface area contributed by atoms with E-state index in [0.717, 1.165) is 12.0 Å². The Balaban J connectivity index is 1.71. The molecule has 3 fully saturated rings. The summed E-state index contributed by atoms with van der Waals surface area (Å²) >= 11 is 6.54. The number of nitrogens with zero attached hydrogens (tertiary/aromatic N) is 2. The number of aliphatic hydroxyl groups excluding tert-OH is 1. The lowest BCUT2D eigenvalue weighted by Crippen LogP contribution is -2.56. The quantitative estimate of drug-likeness (QED) is 0.253. The summed E-state index contributed by atoms with van der Waals surface area (Å²) in [5, 5.41) is 9.93. The Morgan fingerprint density at radius 3 is 2.78 bits per heavy atom. The van der Waals surface area contributed by atoms with Gasteiger partial charge in [0.15, 0.2) is 0 Å². The smallest absolute Gasteiger partial charge is 0.312 e. The lowest BCUT2D eigenvalue weighted by molar-refractivity contribution is -0.155. The molecular formula is C28H35ClN2O6. The highest BCUT2D eigenvalue weighted by Gasteiger charge is 2.75. The van der Waals surface area contributed by atoms with Crippen LogP contribution in [0.1, 0.15) is 37.7 Å². The fraction of sp³-hybridized carbons (Fsp3) is 0.536. The van der Waals surface area contributed by atoms with Gasteiger partial charge in [0, 0.05) is 19.7 Å². The number of likely N-dealkylation sites (tertiary alicyclic amines) is 1. The van der Waals surface area contributed by atoms with Crippen LogP contribution in [0.3, 0.4) is 0 Å². The first-order valence-corrected chi connectivity index (χ1v) is 13.2. The second-order valence-electron chi connectivity index (χ2n) is 9.91. The molecule has 1 aromatic carbocycles. The molecule has 0 radical (unpaired) electrons. The van der Waals surface area contributed by atoms with Crippen LogP contribution < -0.4 is 4.90 Å². The predicted octanol–water partition coefficient (Wildman–Crippen LogP) is 3.43. The molecule has 3 aliphatic rings. The first kappa shape index (κ1) is 27.4. The summed E-state index contributed by atoms with van der Waals surface area (Å²) in [4.78, 5) is 44.4. The number of carbonyl (C=O) groups excluding carboxylic acids is 3. The summed E-state index contributed by atoms with van der Waals surface area (Å²) in [6.07, 6.45) is 5.59. The molecule has 37 heavy (non-hydrogen) atoms. The number of carbonyl (C=O) groups is 3. The zero-order chi connectivity index (χ0) is 26.7. The van der Waals surface area contributed by atoms with Gasteiger partial charge in [-0.05, 0) is 50.7 Å². The molecule has 1 N–H and O–H groups in total. The molecule has 5 atom stereocenters. The molecule has 3 aliphatic heterocycles. The molecule has 1 spiro atoms. The molecule has 2 bridgehead atoms. The number of amides is 2. The van der Waals surface area contributed by atoms with Gasteiger partial charge in [0.2, 0.25) is 5.91 Å². The molecule has 9 heteroatoms. The number of aliphatic hydroxyl groups is 1. The van der Waals surface area contributed by atoms with Crippen LogP contribution in [-0.4, -0.2) is 71.8 Å². The zero-order valence-corrected chi connectivity index (χ0v) is 22.0. The maximum atomic E-state index is 14.4. The van der Waals surface area contributed by atoms with Crippen LogP contribution in [0, 0.1) is 18.8 Å². The van der Waals surface area contributed by atoms with Gasteiger partial charge in [-0.15, -0.1) is 13.2 Å². The Hall–Kier alpha value is -2.68. The van der Waals surface area contributed by atoms with Crippen LogP contribution in [0.15, 0.2) is 43.5 Å². The number of unbranched alkanes of at least 4 members (excludes halogenated alkanes) is 1. The Morgan fingerprint density at radius 1 is 1.32 bits per heavy atom. The number of halogens is 1. The third-order valence-electron chi connectivity index (χ3n) is 7.70. The zero-order valence-electron chi connectivity index (χ0n) is 21.2. The van der Waals surface area contributed by atoms with E-state index >= 15 is 0 Å². The highest BCUT2D eigenvalue weighted by Crippen LogP contribution is 2.59. The van der Waals surface area contributed by atoms with Crippen LogP contribution in [-0.2, 0) is 23.9 Å². The molecule has 0 aliphatic carbocycles. The molecule has 3 heterocycles. The summed E-state index contributed by atoms with van der Waals surface area (Å²) in [6, 6.07) is 4.43. The predicted molar refractivity (Wildman–Crippen MR) is 140 cm³/mol. The number of para-hydroxylation sites is 1. The Labute approximate surface area is 222 Å². The van der Waals surface area contributed by atoms with E-state index in [1.54, 1.807) is 23.1 Å². The molecule has 0 saturated carbocycles. The highest BCUT2D eigenvalue weighted by molar-refractivity contribution is 6.34. The number of hydrogen-bond donors (Lipinski definition) is 1. The molecule has 3 saturated heterocycles. The molecule has 0 aromatic heterocycles. The molecule has 8 nitrogen and oxygen atoms in total. The Kier molecular flexibility index (Phi) is 8.41. The van der Waals surface area contributed by atoms with Crippen molar-refractivity contribution in [1.29, 1.82) is 0 Å². The van der Waals surface area contributed by atoms with Gasteiger partial charge in [-0.3, -0.25) is 14.4 Å². The number of aryl methyl sites for hydroxylation is 1. The van der Waals surface area contributed by atoms with Gasteiger partial charge in [-0.2, -0.15) is 0 Å². The minimum atomic E-state index is -1.15. The Bertz CT molecular complexity index is 1060. The number of ether oxygens (including phenoxy) is 2. The van der Waals surface area contributed by atoms with Gasteiger partial charge >= 0.3 is 5.97 Å². The number of benzene rings is 1. The van der Waals surface area contributed by atoms with Crippen LogP contribution in [0.5, 0.6) is 0 Å². The van der Waals surface area contributed by atoms with E-state index in [4.69, 9.17) is 21.1 Å². The maximum absolute atomic E-state index is 14.4. The third-order valence-corrected chi connectivity index (χ3v) is 8.00. The lowest BCUT2D eigenvalue weighted by Gasteiger charge is -2.37. The normalized spacial score (nSPS) is 27.8. The maximum Gasteiger partial charge on any atom is 0.312 e. The standard InChI is InChI=1S/C28H35ClN2O6/c1-4-6-7-17-36-27(35)21-20-12-13-28(37-20)22(21)25(33)31(15-9-16-32)24(28)26(34)30(14-5-2)23-18(3)10-8-11-19(23)29/h4-5,8,10-11,20-22,24,32H,1-2,6-7,9,12-17H2,3H3/t20-,21+,22-,24?,28?/m0/s1. The van der Waals surface area contributed by atoms with Crippen LogP contribution >= 0.6 is 11.6 Å². The molecule has 2 unspecified atom stereocenters. The average molecular weight is 531 g/mol. The first-order chi connectivity index (χ1) is 17.8. The summed E-state index contributed by atoms with van der Waals surface area (Å²) in [7, 11) is 0. The summed E-state index contributed by atoms with van der Waals surface area (Å²) in [5.41, 5.74) is 0.211. The first-order valence-electron chi connectivity index (χ1n) is 12.9. The van der Waals surface area contributed by atoms with Gasteiger partial charge in [0.25, 0.3) is 5.91 Å². The van der Waals surface area contributed by atoms with E-state index in [2.05, 4.69) is 13.2 Å². The number of fused-ring (bicyclic) bond motifs is 1. The minimum absolute atomic E-state index is 0.138. The molecule has 200 valence electrons.